The third-order valence-electron chi connectivity index (χ3n) is 2.96. The second-order valence-electron chi connectivity index (χ2n) is 4.23. The smallest absolute Gasteiger partial charge is 0.150 e. The van der Waals surface area contributed by atoms with Crippen LogP contribution >= 0.6 is 23.2 Å². The Morgan fingerprint density at radius 2 is 1.90 bits per heavy atom. The summed E-state index contributed by atoms with van der Waals surface area (Å²) in [7, 11) is 0. The lowest BCUT2D eigenvalue weighted by atomic mass is 10.2. The van der Waals surface area contributed by atoms with Gasteiger partial charge in [-0.05, 0) is 30.3 Å². The van der Waals surface area contributed by atoms with Gasteiger partial charge in [-0.3, -0.25) is 4.57 Å². The number of imidazole rings is 1. The summed E-state index contributed by atoms with van der Waals surface area (Å²) in [6.45, 7) is 0. The number of alkyl halides is 1. The minimum absolute atomic E-state index is 0.100. The van der Waals surface area contributed by atoms with E-state index in [1.165, 1.54) is 12.1 Å². The number of hydrogen-bond donors (Lipinski definition) is 0. The Bertz CT molecular complexity index is 799. The molecule has 3 aromatic rings. The Morgan fingerprint density at radius 1 is 1.10 bits per heavy atom. The van der Waals surface area contributed by atoms with Crippen LogP contribution in [0.4, 0.5) is 8.78 Å². The van der Waals surface area contributed by atoms with E-state index in [0.717, 1.165) is 6.07 Å². The number of benzene rings is 2. The number of nitrogens with zero attached hydrogens (tertiary/aromatic N) is 2. The largest absolute Gasteiger partial charge is 0.292 e. The van der Waals surface area contributed by atoms with Gasteiger partial charge in [-0.2, -0.15) is 0 Å². The molecule has 20 heavy (non-hydrogen) atoms. The molecule has 0 aliphatic rings. The zero-order chi connectivity index (χ0) is 14.3. The first-order valence-corrected chi connectivity index (χ1v) is 6.69. The molecule has 0 aliphatic carbocycles. The number of fused-ring (bicyclic) bond motifs is 1. The van der Waals surface area contributed by atoms with Crippen LogP contribution in [0.2, 0.25) is 5.02 Å². The first kappa shape index (κ1) is 13.3. The summed E-state index contributed by atoms with van der Waals surface area (Å²) >= 11 is 11.8. The molecule has 1 aromatic heterocycles. The van der Waals surface area contributed by atoms with E-state index in [1.54, 1.807) is 22.8 Å². The van der Waals surface area contributed by atoms with Crippen LogP contribution < -0.4 is 0 Å². The van der Waals surface area contributed by atoms with Gasteiger partial charge in [0.25, 0.3) is 0 Å². The van der Waals surface area contributed by atoms with E-state index in [1.807, 2.05) is 0 Å². The number of rotatable bonds is 2. The van der Waals surface area contributed by atoms with Crippen LogP contribution in [0, 0.1) is 11.6 Å². The summed E-state index contributed by atoms with van der Waals surface area (Å²) in [5.41, 5.74) is 1.47. The van der Waals surface area contributed by atoms with Gasteiger partial charge in [-0.1, -0.05) is 11.6 Å². The van der Waals surface area contributed by atoms with Gasteiger partial charge < -0.3 is 0 Å². The lowest BCUT2D eigenvalue weighted by molar-refractivity contribution is 0.577. The van der Waals surface area contributed by atoms with Crippen molar-refractivity contribution in [2.75, 3.05) is 0 Å². The van der Waals surface area contributed by atoms with Crippen LogP contribution in [0.1, 0.15) is 5.82 Å². The van der Waals surface area contributed by atoms with Crippen LogP contribution in [0.25, 0.3) is 16.7 Å². The Hall–Kier alpha value is -1.65. The van der Waals surface area contributed by atoms with Crippen molar-refractivity contribution in [2.24, 2.45) is 0 Å². The van der Waals surface area contributed by atoms with Gasteiger partial charge in [0, 0.05) is 11.1 Å². The van der Waals surface area contributed by atoms with Crippen molar-refractivity contribution in [1.29, 1.82) is 0 Å². The highest BCUT2D eigenvalue weighted by molar-refractivity contribution is 6.31. The van der Waals surface area contributed by atoms with Crippen LogP contribution in [-0.2, 0) is 5.88 Å². The van der Waals surface area contributed by atoms with Crippen LogP contribution in [0.3, 0.4) is 0 Å². The molecule has 3 rings (SSSR count). The van der Waals surface area contributed by atoms with Crippen LogP contribution in [0.15, 0.2) is 36.4 Å². The minimum atomic E-state index is -0.675. The predicted molar refractivity (Wildman–Crippen MR) is 75.6 cm³/mol. The molecular weight excluding hydrogens is 305 g/mol. The Labute approximate surface area is 123 Å². The molecule has 1 heterocycles. The standard InChI is InChI=1S/C14H8Cl2F2N2/c15-7-14-19-11-5-8(16)1-3-13(11)20(14)12-4-2-9(17)6-10(12)18/h1-6H,7H2. The van der Waals surface area contributed by atoms with Gasteiger partial charge in [0.15, 0.2) is 0 Å². The van der Waals surface area contributed by atoms with E-state index >= 15 is 0 Å². The second kappa shape index (κ2) is 5.04. The molecular formula is C14H8Cl2F2N2. The van der Waals surface area contributed by atoms with E-state index in [-0.39, 0.29) is 11.6 Å². The van der Waals surface area contributed by atoms with Crippen molar-refractivity contribution in [3.63, 3.8) is 0 Å². The fraction of sp³-hybridized carbons (Fsp3) is 0.0714. The van der Waals surface area contributed by atoms with E-state index in [9.17, 15) is 8.78 Å². The maximum absolute atomic E-state index is 14.0. The molecule has 0 fully saturated rings. The Morgan fingerprint density at radius 3 is 2.60 bits per heavy atom. The third kappa shape index (κ3) is 2.15. The van der Waals surface area contributed by atoms with Gasteiger partial charge in [0.2, 0.25) is 0 Å². The SMILES string of the molecule is Fc1ccc(-n2c(CCl)nc3cc(Cl)ccc32)c(F)c1. The summed E-state index contributed by atoms with van der Waals surface area (Å²) in [6.07, 6.45) is 0. The summed E-state index contributed by atoms with van der Waals surface area (Å²) in [4.78, 5) is 4.32. The average molecular weight is 313 g/mol. The quantitative estimate of drug-likeness (QED) is 0.627. The Kier molecular flexibility index (Phi) is 3.36. The molecule has 0 unspecified atom stereocenters. The monoisotopic (exact) mass is 312 g/mol. The average Bonchev–Trinajstić information content (AvgIpc) is 2.76. The van der Waals surface area contributed by atoms with Crippen LogP contribution in [-0.4, -0.2) is 9.55 Å². The lowest BCUT2D eigenvalue weighted by Crippen LogP contribution is -2.02. The summed E-state index contributed by atoms with van der Waals surface area (Å²) in [5.74, 6) is -0.741. The molecule has 0 radical (unpaired) electrons. The summed E-state index contributed by atoms with van der Waals surface area (Å²) in [5, 5.41) is 0.530. The molecule has 0 bridgehead atoms. The maximum Gasteiger partial charge on any atom is 0.150 e. The fourth-order valence-corrected chi connectivity index (χ4v) is 2.47. The van der Waals surface area contributed by atoms with E-state index in [4.69, 9.17) is 23.2 Å². The van der Waals surface area contributed by atoms with Gasteiger partial charge in [0.05, 0.1) is 22.6 Å². The Balaban J connectivity index is 2.34. The maximum atomic E-state index is 14.0. The topological polar surface area (TPSA) is 17.8 Å². The molecule has 2 aromatic carbocycles. The molecule has 0 atom stereocenters. The van der Waals surface area contributed by atoms with Crippen molar-refractivity contribution in [1.82, 2.24) is 9.55 Å². The number of halogens is 4. The molecule has 2 nitrogen and oxygen atoms in total. The molecule has 0 spiro atoms. The van der Waals surface area contributed by atoms with Gasteiger partial charge in [-0.15, -0.1) is 11.6 Å². The highest BCUT2D eigenvalue weighted by atomic mass is 35.5. The third-order valence-corrected chi connectivity index (χ3v) is 3.43. The van der Waals surface area contributed by atoms with Crippen molar-refractivity contribution < 1.29 is 8.78 Å². The van der Waals surface area contributed by atoms with Gasteiger partial charge in [-0.25, -0.2) is 13.8 Å². The van der Waals surface area contributed by atoms with E-state index in [0.29, 0.717) is 21.9 Å². The molecule has 6 heteroatoms. The minimum Gasteiger partial charge on any atom is -0.292 e. The fourth-order valence-electron chi connectivity index (χ4n) is 2.12. The normalized spacial score (nSPS) is 11.2. The van der Waals surface area contributed by atoms with Crippen molar-refractivity contribution in [2.45, 2.75) is 5.88 Å². The van der Waals surface area contributed by atoms with Gasteiger partial charge >= 0.3 is 0 Å². The lowest BCUT2D eigenvalue weighted by Gasteiger charge is -2.09. The van der Waals surface area contributed by atoms with E-state index < -0.39 is 11.6 Å². The van der Waals surface area contributed by atoms with Crippen molar-refractivity contribution in [3.8, 4) is 5.69 Å². The van der Waals surface area contributed by atoms with Crippen molar-refractivity contribution in [3.05, 3.63) is 58.9 Å². The van der Waals surface area contributed by atoms with Crippen molar-refractivity contribution >= 4 is 34.2 Å². The second-order valence-corrected chi connectivity index (χ2v) is 4.93. The molecule has 0 N–H and O–H groups in total. The summed E-state index contributed by atoms with van der Waals surface area (Å²) < 4.78 is 28.6. The highest BCUT2D eigenvalue weighted by Crippen LogP contribution is 2.26. The molecule has 0 saturated carbocycles. The zero-order valence-electron chi connectivity index (χ0n) is 10.1. The molecule has 102 valence electrons. The highest BCUT2D eigenvalue weighted by Gasteiger charge is 2.15. The predicted octanol–water partition coefficient (Wildman–Crippen LogP) is 4.70. The summed E-state index contributed by atoms with van der Waals surface area (Å²) in [6, 6.07) is 8.46. The number of aromatic nitrogens is 2. The molecule has 0 amide bonds. The van der Waals surface area contributed by atoms with Crippen LogP contribution in [0.5, 0.6) is 0 Å². The zero-order valence-corrected chi connectivity index (χ0v) is 11.6. The van der Waals surface area contributed by atoms with E-state index in [2.05, 4.69) is 4.98 Å². The molecule has 0 saturated heterocycles. The first-order chi connectivity index (χ1) is 9.60. The first-order valence-electron chi connectivity index (χ1n) is 5.78. The van der Waals surface area contributed by atoms with Gasteiger partial charge in [0.1, 0.15) is 17.5 Å². The number of hydrogen-bond acceptors (Lipinski definition) is 1. The molecule has 0 aliphatic heterocycles.